The highest BCUT2D eigenvalue weighted by molar-refractivity contribution is 8.00. The monoisotopic (exact) mass is 346 g/mol. The van der Waals surface area contributed by atoms with E-state index in [-0.39, 0.29) is 5.69 Å². The number of hydrogen-bond acceptors (Lipinski definition) is 4. The lowest BCUT2D eigenvalue weighted by molar-refractivity contribution is -0.384. The van der Waals surface area contributed by atoms with Gasteiger partial charge >= 0.3 is 0 Å². The second-order valence-corrected chi connectivity index (χ2v) is 6.32. The van der Waals surface area contributed by atoms with Crippen LogP contribution in [0.15, 0.2) is 34.1 Å². The van der Waals surface area contributed by atoms with Crippen LogP contribution in [-0.4, -0.2) is 4.92 Å². The van der Waals surface area contributed by atoms with E-state index >= 15 is 0 Å². The minimum Gasteiger partial charge on any atom is -0.347 e. The third kappa shape index (κ3) is 2.20. The summed E-state index contributed by atoms with van der Waals surface area (Å²) >= 11 is 19.5. The Morgan fingerprint density at radius 1 is 1.10 bits per heavy atom. The van der Waals surface area contributed by atoms with Gasteiger partial charge in [-0.3, -0.25) is 10.1 Å². The number of nitro groups is 1. The molecule has 20 heavy (non-hydrogen) atoms. The van der Waals surface area contributed by atoms with Crippen LogP contribution < -0.4 is 5.32 Å². The van der Waals surface area contributed by atoms with Crippen LogP contribution in [0, 0.1) is 10.1 Å². The summed E-state index contributed by atoms with van der Waals surface area (Å²) < 4.78 is 0. The lowest BCUT2D eigenvalue weighted by atomic mass is 10.2. The first kappa shape index (κ1) is 13.8. The average Bonchev–Trinajstić information content (AvgIpc) is 2.40. The third-order valence-electron chi connectivity index (χ3n) is 2.76. The molecule has 1 heterocycles. The van der Waals surface area contributed by atoms with Crippen molar-refractivity contribution in [2.75, 3.05) is 5.32 Å². The maximum atomic E-state index is 11.1. The molecule has 0 saturated carbocycles. The average molecular weight is 348 g/mol. The normalized spacial score (nSPS) is 12.3. The number of hydrogen-bond donors (Lipinski definition) is 1. The van der Waals surface area contributed by atoms with Crippen molar-refractivity contribution in [1.82, 2.24) is 0 Å². The van der Waals surface area contributed by atoms with Gasteiger partial charge in [0.2, 0.25) is 0 Å². The Balaban J connectivity index is 2.23. The van der Waals surface area contributed by atoms with Crippen molar-refractivity contribution in [3.8, 4) is 0 Å². The predicted octanol–water partition coefficient (Wildman–Crippen LogP) is 5.76. The van der Waals surface area contributed by atoms with E-state index in [1.54, 1.807) is 18.2 Å². The fourth-order valence-corrected chi connectivity index (χ4v) is 3.81. The van der Waals surface area contributed by atoms with Crippen molar-refractivity contribution < 1.29 is 4.92 Å². The summed E-state index contributed by atoms with van der Waals surface area (Å²) in [7, 11) is 0. The van der Waals surface area contributed by atoms with Crippen molar-refractivity contribution in [1.29, 1.82) is 0 Å². The number of benzene rings is 2. The summed E-state index contributed by atoms with van der Waals surface area (Å²) in [5.41, 5.74) is 0.852. The smallest absolute Gasteiger partial charge is 0.295 e. The predicted molar refractivity (Wildman–Crippen MR) is 82.0 cm³/mol. The molecule has 0 saturated heterocycles. The minimum atomic E-state index is -0.484. The van der Waals surface area contributed by atoms with E-state index in [0.717, 1.165) is 4.90 Å². The van der Waals surface area contributed by atoms with Gasteiger partial charge in [0.1, 0.15) is 5.69 Å². The van der Waals surface area contributed by atoms with Crippen LogP contribution in [0.4, 0.5) is 17.1 Å². The van der Waals surface area contributed by atoms with Gasteiger partial charge in [0.05, 0.1) is 25.6 Å². The molecule has 0 radical (unpaired) electrons. The van der Waals surface area contributed by atoms with E-state index in [4.69, 9.17) is 34.8 Å². The lowest BCUT2D eigenvalue weighted by Crippen LogP contribution is -2.04. The molecule has 0 spiro atoms. The topological polar surface area (TPSA) is 55.2 Å². The molecule has 1 aliphatic rings. The molecule has 0 fully saturated rings. The summed E-state index contributed by atoms with van der Waals surface area (Å²) in [6.07, 6.45) is 0. The first-order valence-electron chi connectivity index (χ1n) is 5.38. The molecule has 1 aliphatic heterocycles. The van der Waals surface area contributed by atoms with Gasteiger partial charge in [-0.05, 0) is 18.2 Å². The lowest BCUT2D eigenvalue weighted by Gasteiger charge is -2.22. The fraction of sp³-hybridized carbons (Fsp3) is 0. The van der Waals surface area contributed by atoms with Gasteiger partial charge < -0.3 is 5.32 Å². The van der Waals surface area contributed by atoms with Gasteiger partial charge in [0, 0.05) is 16.0 Å². The molecular weight excluding hydrogens is 343 g/mol. The third-order valence-corrected chi connectivity index (χ3v) is 4.89. The Bertz CT molecular complexity index is 752. The zero-order valence-electron chi connectivity index (χ0n) is 9.62. The molecule has 0 aliphatic carbocycles. The van der Waals surface area contributed by atoms with Crippen molar-refractivity contribution >= 4 is 63.6 Å². The molecule has 0 aromatic heterocycles. The highest BCUT2D eigenvalue weighted by Crippen LogP contribution is 2.53. The molecule has 0 amide bonds. The van der Waals surface area contributed by atoms with Crippen LogP contribution in [0.2, 0.25) is 15.1 Å². The Labute approximate surface area is 133 Å². The van der Waals surface area contributed by atoms with E-state index in [2.05, 4.69) is 5.32 Å². The maximum absolute atomic E-state index is 11.1. The van der Waals surface area contributed by atoms with E-state index in [0.29, 0.717) is 31.3 Å². The van der Waals surface area contributed by atoms with Gasteiger partial charge in [-0.25, -0.2) is 0 Å². The van der Waals surface area contributed by atoms with Crippen LogP contribution in [0.5, 0.6) is 0 Å². The molecule has 102 valence electrons. The minimum absolute atomic E-state index is 0.0957. The highest BCUT2D eigenvalue weighted by atomic mass is 35.5. The highest BCUT2D eigenvalue weighted by Gasteiger charge is 2.27. The van der Waals surface area contributed by atoms with E-state index in [9.17, 15) is 10.1 Å². The summed E-state index contributed by atoms with van der Waals surface area (Å²) in [6.45, 7) is 0. The Kier molecular flexibility index (Phi) is 3.46. The van der Waals surface area contributed by atoms with Crippen molar-refractivity contribution in [2.45, 2.75) is 9.79 Å². The van der Waals surface area contributed by atoms with Gasteiger partial charge in [0.25, 0.3) is 5.69 Å². The number of fused-ring (bicyclic) bond motifs is 2. The molecule has 0 unspecified atom stereocenters. The zero-order valence-corrected chi connectivity index (χ0v) is 12.7. The second-order valence-electron chi connectivity index (χ2n) is 4.02. The molecule has 0 atom stereocenters. The van der Waals surface area contributed by atoms with Crippen LogP contribution in [-0.2, 0) is 0 Å². The molecular formula is C12H5Cl3N2O2S. The van der Waals surface area contributed by atoms with Crippen molar-refractivity contribution in [3.05, 3.63) is 49.4 Å². The maximum Gasteiger partial charge on any atom is 0.295 e. The van der Waals surface area contributed by atoms with Crippen LogP contribution in [0.1, 0.15) is 0 Å². The van der Waals surface area contributed by atoms with Gasteiger partial charge in [-0.2, -0.15) is 0 Å². The van der Waals surface area contributed by atoms with Crippen LogP contribution in [0.25, 0.3) is 0 Å². The quantitative estimate of drug-likeness (QED) is 0.449. The van der Waals surface area contributed by atoms with Gasteiger partial charge in [-0.1, -0.05) is 46.6 Å². The number of rotatable bonds is 1. The molecule has 3 rings (SSSR count). The number of nitrogens with one attached hydrogen (secondary N) is 1. The van der Waals surface area contributed by atoms with Crippen LogP contribution in [0.3, 0.4) is 0 Å². The molecule has 4 nitrogen and oxygen atoms in total. The number of halogens is 3. The number of nitrogens with zero attached hydrogens (tertiary/aromatic N) is 1. The number of nitro benzene ring substituents is 1. The van der Waals surface area contributed by atoms with Gasteiger partial charge in [-0.15, -0.1) is 0 Å². The SMILES string of the molecule is O=[N+]([O-])c1cc(Cl)cc2c1Nc1c(Cl)ccc(Cl)c1S2. The second kappa shape index (κ2) is 5.00. The molecule has 2 aromatic rings. The van der Waals surface area contributed by atoms with Crippen molar-refractivity contribution in [2.24, 2.45) is 0 Å². The van der Waals surface area contributed by atoms with Gasteiger partial charge in [0.15, 0.2) is 0 Å². The Morgan fingerprint density at radius 2 is 1.80 bits per heavy atom. The first-order valence-corrected chi connectivity index (χ1v) is 7.33. The Morgan fingerprint density at radius 3 is 2.50 bits per heavy atom. The summed E-state index contributed by atoms with van der Waals surface area (Å²) in [6, 6.07) is 6.28. The molecule has 1 N–H and O–H groups in total. The largest absolute Gasteiger partial charge is 0.347 e. The Hall–Kier alpha value is -1.14. The fourth-order valence-electron chi connectivity index (χ4n) is 1.90. The molecule has 8 heteroatoms. The van der Waals surface area contributed by atoms with E-state index in [1.165, 1.54) is 17.8 Å². The summed E-state index contributed by atoms with van der Waals surface area (Å²) in [5, 5.41) is 15.4. The summed E-state index contributed by atoms with van der Waals surface area (Å²) in [5.74, 6) is 0. The number of anilines is 2. The molecule has 0 bridgehead atoms. The van der Waals surface area contributed by atoms with E-state index in [1.807, 2.05) is 0 Å². The van der Waals surface area contributed by atoms with E-state index < -0.39 is 4.92 Å². The first-order chi connectivity index (χ1) is 9.47. The molecule has 2 aromatic carbocycles. The summed E-state index contributed by atoms with van der Waals surface area (Å²) in [4.78, 5) is 12.0. The van der Waals surface area contributed by atoms with Crippen LogP contribution >= 0.6 is 46.6 Å². The zero-order chi connectivity index (χ0) is 14.4. The van der Waals surface area contributed by atoms with Crippen molar-refractivity contribution in [3.63, 3.8) is 0 Å². The standard InChI is InChI=1S/C12H5Cl3N2O2S/c13-5-3-8(17(18)19)11-9(4-5)20-12-7(15)2-1-6(14)10(12)16-11/h1-4,16H.